The number of amides is 1. The van der Waals surface area contributed by atoms with E-state index in [1.165, 1.54) is 12.3 Å². The van der Waals surface area contributed by atoms with Gasteiger partial charge in [-0.1, -0.05) is 6.07 Å². The standard InChI is InChI=1S/C22H22F2N2O4/c1-2-29-22(28)15-4-3-8-25(13-15)21(27)19-11-20-18(7-9-30-20)26(19)12-14-5-6-16(23)17(24)10-14/h5-7,9-11,15H,2-4,8,12-13H2,1H3. The smallest absolute Gasteiger partial charge is 0.310 e. The summed E-state index contributed by atoms with van der Waals surface area (Å²) >= 11 is 0. The molecule has 0 bridgehead atoms. The average Bonchev–Trinajstić information content (AvgIpc) is 3.33. The fourth-order valence-electron chi connectivity index (χ4n) is 3.92. The van der Waals surface area contributed by atoms with E-state index in [4.69, 9.17) is 9.15 Å². The van der Waals surface area contributed by atoms with Crippen LogP contribution in [0.3, 0.4) is 0 Å². The SMILES string of the molecule is CCOC(=O)C1CCCN(C(=O)c2cc3occc3n2Cc2ccc(F)c(F)c2)C1. The number of benzene rings is 1. The number of hydrogen-bond acceptors (Lipinski definition) is 4. The first-order valence-corrected chi connectivity index (χ1v) is 9.94. The van der Waals surface area contributed by atoms with Crippen molar-refractivity contribution in [2.45, 2.75) is 26.3 Å². The van der Waals surface area contributed by atoms with Gasteiger partial charge in [0.05, 0.1) is 24.3 Å². The van der Waals surface area contributed by atoms with Crippen molar-refractivity contribution in [2.24, 2.45) is 5.92 Å². The number of aromatic nitrogens is 1. The number of ether oxygens (including phenoxy) is 1. The van der Waals surface area contributed by atoms with E-state index in [0.29, 0.717) is 48.4 Å². The van der Waals surface area contributed by atoms with Gasteiger partial charge in [0, 0.05) is 31.8 Å². The second-order valence-electron chi connectivity index (χ2n) is 7.38. The lowest BCUT2D eigenvalue weighted by molar-refractivity contribution is -0.149. The van der Waals surface area contributed by atoms with Gasteiger partial charge in [0.15, 0.2) is 17.2 Å². The predicted molar refractivity (Wildman–Crippen MR) is 105 cm³/mol. The normalized spacial score (nSPS) is 16.8. The third kappa shape index (κ3) is 3.81. The summed E-state index contributed by atoms with van der Waals surface area (Å²) in [6, 6.07) is 7.04. The van der Waals surface area contributed by atoms with Crippen molar-refractivity contribution < 1.29 is 27.5 Å². The van der Waals surface area contributed by atoms with Crippen LogP contribution in [0.25, 0.3) is 11.1 Å². The third-order valence-electron chi connectivity index (χ3n) is 5.40. The first kappa shape index (κ1) is 20.1. The van der Waals surface area contributed by atoms with Gasteiger partial charge >= 0.3 is 5.97 Å². The summed E-state index contributed by atoms with van der Waals surface area (Å²) in [4.78, 5) is 27.1. The van der Waals surface area contributed by atoms with E-state index in [1.807, 2.05) is 0 Å². The molecule has 1 aliphatic rings. The Hall–Kier alpha value is -3.16. The molecule has 2 aromatic heterocycles. The van der Waals surface area contributed by atoms with Crippen LogP contribution in [0.5, 0.6) is 0 Å². The summed E-state index contributed by atoms with van der Waals surface area (Å²) in [5.74, 6) is -2.74. The summed E-state index contributed by atoms with van der Waals surface area (Å²) in [5.41, 5.74) is 2.10. The monoisotopic (exact) mass is 416 g/mol. The maximum absolute atomic E-state index is 13.7. The van der Waals surface area contributed by atoms with Crippen LogP contribution in [0.15, 0.2) is 41.0 Å². The van der Waals surface area contributed by atoms with Crippen molar-refractivity contribution >= 4 is 23.0 Å². The van der Waals surface area contributed by atoms with Crippen LogP contribution in [0.2, 0.25) is 0 Å². The molecular formula is C22H22F2N2O4. The van der Waals surface area contributed by atoms with Crippen molar-refractivity contribution in [2.75, 3.05) is 19.7 Å². The molecule has 1 aliphatic heterocycles. The number of carbonyl (C=O) groups excluding carboxylic acids is 2. The van der Waals surface area contributed by atoms with Crippen LogP contribution in [0, 0.1) is 17.6 Å². The maximum Gasteiger partial charge on any atom is 0.310 e. The molecule has 8 heteroatoms. The zero-order chi connectivity index (χ0) is 21.3. The molecule has 30 heavy (non-hydrogen) atoms. The van der Waals surface area contributed by atoms with Crippen LogP contribution < -0.4 is 0 Å². The van der Waals surface area contributed by atoms with Crippen LogP contribution >= 0.6 is 0 Å². The zero-order valence-corrected chi connectivity index (χ0v) is 16.6. The molecule has 0 spiro atoms. The van der Waals surface area contributed by atoms with Gasteiger partial charge in [-0.05, 0) is 37.5 Å². The third-order valence-corrected chi connectivity index (χ3v) is 5.40. The minimum absolute atomic E-state index is 0.177. The zero-order valence-electron chi connectivity index (χ0n) is 16.6. The van der Waals surface area contributed by atoms with Crippen molar-refractivity contribution in [1.29, 1.82) is 0 Å². The molecule has 1 unspecified atom stereocenters. The Kier molecular flexibility index (Phi) is 5.57. The van der Waals surface area contributed by atoms with E-state index in [2.05, 4.69) is 0 Å². The van der Waals surface area contributed by atoms with Gasteiger partial charge in [-0.2, -0.15) is 0 Å². The number of likely N-dealkylation sites (tertiary alicyclic amines) is 1. The number of rotatable bonds is 5. The lowest BCUT2D eigenvalue weighted by Crippen LogP contribution is -2.43. The predicted octanol–water partition coefficient (Wildman–Crippen LogP) is 3.98. The van der Waals surface area contributed by atoms with E-state index in [0.717, 1.165) is 12.1 Å². The number of fused-ring (bicyclic) bond motifs is 1. The first-order chi connectivity index (χ1) is 14.5. The lowest BCUT2D eigenvalue weighted by atomic mass is 9.98. The Morgan fingerprint density at radius 1 is 1.20 bits per heavy atom. The fourth-order valence-corrected chi connectivity index (χ4v) is 3.92. The average molecular weight is 416 g/mol. The summed E-state index contributed by atoms with van der Waals surface area (Å²) in [7, 11) is 0. The van der Waals surface area contributed by atoms with Crippen LogP contribution in [0.1, 0.15) is 35.8 Å². The summed E-state index contributed by atoms with van der Waals surface area (Å²) in [5, 5.41) is 0. The Bertz CT molecular complexity index is 1090. The summed E-state index contributed by atoms with van der Waals surface area (Å²) in [6.45, 7) is 3.05. The molecule has 0 N–H and O–H groups in total. The summed E-state index contributed by atoms with van der Waals surface area (Å²) < 4.78 is 39.2. The summed E-state index contributed by atoms with van der Waals surface area (Å²) in [6.07, 6.45) is 2.90. The van der Waals surface area contributed by atoms with Gasteiger partial charge in [0.2, 0.25) is 0 Å². The minimum Gasteiger partial charge on any atom is -0.466 e. The molecule has 158 valence electrons. The molecule has 6 nitrogen and oxygen atoms in total. The van der Waals surface area contributed by atoms with Gasteiger partial charge in [0.25, 0.3) is 5.91 Å². The first-order valence-electron chi connectivity index (χ1n) is 9.94. The van der Waals surface area contributed by atoms with E-state index in [9.17, 15) is 18.4 Å². The highest BCUT2D eigenvalue weighted by atomic mass is 19.2. The minimum atomic E-state index is -0.940. The van der Waals surface area contributed by atoms with Crippen LogP contribution in [-0.2, 0) is 16.1 Å². The topological polar surface area (TPSA) is 64.7 Å². The van der Waals surface area contributed by atoms with Gasteiger partial charge in [-0.25, -0.2) is 8.78 Å². The molecular weight excluding hydrogens is 394 g/mol. The van der Waals surface area contributed by atoms with Gasteiger partial charge in [-0.15, -0.1) is 0 Å². The molecule has 0 saturated carbocycles. The van der Waals surface area contributed by atoms with Gasteiger partial charge < -0.3 is 18.6 Å². The number of nitrogens with zero attached hydrogens (tertiary/aromatic N) is 2. The number of hydrogen-bond donors (Lipinski definition) is 0. The van der Waals surface area contributed by atoms with E-state index in [-0.39, 0.29) is 30.9 Å². The van der Waals surface area contributed by atoms with Gasteiger partial charge in [0.1, 0.15) is 5.69 Å². The fraction of sp³-hybridized carbons (Fsp3) is 0.364. The highest BCUT2D eigenvalue weighted by molar-refractivity contribution is 5.98. The molecule has 1 aromatic carbocycles. The van der Waals surface area contributed by atoms with Gasteiger partial charge in [-0.3, -0.25) is 9.59 Å². The largest absolute Gasteiger partial charge is 0.466 e. The second kappa shape index (κ2) is 8.30. The number of carbonyl (C=O) groups is 2. The second-order valence-corrected chi connectivity index (χ2v) is 7.38. The molecule has 0 aliphatic carbocycles. The molecule has 0 radical (unpaired) electrons. The Balaban J connectivity index is 1.62. The molecule has 3 heterocycles. The molecule has 1 saturated heterocycles. The highest BCUT2D eigenvalue weighted by Gasteiger charge is 2.31. The molecule has 3 aromatic rings. The van der Waals surface area contributed by atoms with Crippen LogP contribution in [0.4, 0.5) is 8.78 Å². The molecule has 4 rings (SSSR count). The number of halogens is 2. The molecule has 1 fully saturated rings. The maximum atomic E-state index is 13.7. The van der Waals surface area contributed by atoms with Crippen molar-refractivity contribution in [1.82, 2.24) is 9.47 Å². The quantitative estimate of drug-likeness (QED) is 0.591. The number of furan rings is 1. The van der Waals surface area contributed by atoms with Crippen LogP contribution in [-0.4, -0.2) is 41.0 Å². The molecule has 1 amide bonds. The Morgan fingerprint density at radius 3 is 2.80 bits per heavy atom. The number of esters is 1. The van der Waals surface area contributed by atoms with Crippen molar-refractivity contribution in [3.8, 4) is 0 Å². The van der Waals surface area contributed by atoms with E-state index in [1.54, 1.807) is 28.5 Å². The highest BCUT2D eigenvalue weighted by Crippen LogP contribution is 2.26. The number of piperidine rings is 1. The lowest BCUT2D eigenvalue weighted by Gasteiger charge is -2.31. The van der Waals surface area contributed by atoms with Crippen molar-refractivity contribution in [3.63, 3.8) is 0 Å². The van der Waals surface area contributed by atoms with E-state index >= 15 is 0 Å². The molecule has 1 atom stereocenters. The van der Waals surface area contributed by atoms with Crippen molar-refractivity contribution in [3.05, 3.63) is 59.5 Å². The Morgan fingerprint density at radius 2 is 2.03 bits per heavy atom. The Labute approximate surface area is 172 Å². The van der Waals surface area contributed by atoms with E-state index < -0.39 is 11.6 Å².